The van der Waals surface area contributed by atoms with E-state index in [0.717, 1.165) is 25.2 Å². The van der Waals surface area contributed by atoms with Crippen LogP contribution in [0.5, 0.6) is 0 Å². The minimum Gasteiger partial charge on any atom is -0.316 e. The van der Waals surface area contributed by atoms with E-state index in [-0.39, 0.29) is 0 Å². The predicted molar refractivity (Wildman–Crippen MR) is 94.8 cm³/mol. The number of nitrogens with one attached hydrogen (secondary N) is 1. The second-order valence-corrected chi connectivity index (χ2v) is 7.07. The van der Waals surface area contributed by atoms with E-state index in [4.69, 9.17) is 0 Å². The quantitative estimate of drug-likeness (QED) is 0.619. The molecule has 21 heavy (non-hydrogen) atoms. The molecule has 0 fully saturated rings. The normalized spacial score (nSPS) is 14.4. The maximum absolute atomic E-state index is 4.56. The molecule has 0 aliphatic rings. The lowest BCUT2D eigenvalue weighted by atomic mass is 9.76. The minimum atomic E-state index is 0.341. The summed E-state index contributed by atoms with van der Waals surface area (Å²) in [7, 11) is 2.06. The van der Waals surface area contributed by atoms with Gasteiger partial charge in [0.2, 0.25) is 0 Å². The Morgan fingerprint density at radius 1 is 1.24 bits per heavy atom. The highest BCUT2D eigenvalue weighted by molar-refractivity contribution is 9.10. The van der Waals surface area contributed by atoms with Crippen molar-refractivity contribution in [1.82, 2.24) is 15.1 Å². The number of nitrogens with zero attached hydrogens (tertiary/aromatic N) is 2. The van der Waals surface area contributed by atoms with Gasteiger partial charge in [0.25, 0.3) is 0 Å². The molecule has 1 rings (SSSR count). The first kappa shape index (κ1) is 18.7. The maximum Gasteiger partial charge on any atom is 0.0738 e. The van der Waals surface area contributed by atoms with Crippen molar-refractivity contribution >= 4 is 15.9 Å². The molecule has 3 nitrogen and oxygen atoms in total. The Kier molecular flexibility index (Phi) is 7.96. The number of unbranched alkanes of at least 4 members (excludes halogenated alkanes) is 1. The van der Waals surface area contributed by atoms with Gasteiger partial charge < -0.3 is 5.32 Å². The fraction of sp³-hybridized carbons (Fsp3) is 0.824. The van der Waals surface area contributed by atoms with Crippen molar-refractivity contribution in [3.05, 3.63) is 15.9 Å². The highest BCUT2D eigenvalue weighted by Crippen LogP contribution is 2.35. The molecule has 1 N–H and O–H groups in total. The number of hydrogen-bond donors (Lipinski definition) is 1. The van der Waals surface area contributed by atoms with Crippen LogP contribution in [0, 0.1) is 12.3 Å². The van der Waals surface area contributed by atoms with Gasteiger partial charge in [-0.1, -0.05) is 33.6 Å². The number of halogens is 1. The van der Waals surface area contributed by atoms with Gasteiger partial charge in [-0.2, -0.15) is 5.10 Å². The summed E-state index contributed by atoms with van der Waals surface area (Å²) in [6.45, 7) is 11.1. The van der Waals surface area contributed by atoms with Crippen LogP contribution >= 0.6 is 15.9 Å². The highest BCUT2D eigenvalue weighted by atomic mass is 79.9. The maximum atomic E-state index is 4.56. The minimum absolute atomic E-state index is 0.341. The first-order valence-corrected chi connectivity index (χ1v) is 9.17. The van der Waals surface area contributed by atoms with Crippen LogP contribution in [0.2, 0.25) is 0 Å². The van der Waals surface area contributed by atoms with E-state index < -0.39 is 0 Å². The Labute approximate surface area is 139 Å². The molecular formula is C17H32BrN3. The molecule has 1 heterocycles. The lowest BCUT2D eigenvalue weighted by Gasteiger charge is -2.33. The Bertz CT molecular complexity index is 428. The van der Waals surface area contributed by atoms with Crippen LogP contribution in [0.25, 0.3) is 0 Å². The van der Waals surface area contributed by atoms with Crippen molar-refractivity contribution in [1.29, 1.82) is 0 Å². The Hall–Kier alpha value is -0.350. The van der Waals surface area contributed by atoms with Crippen molar-refractivity contribution in [2.45, 2.75) is 66.2 Å². The molecule has 122 valence electrons. The van der Waals surface area contributed by atoms with Crippen molar-refractivity contribution in [3.63, 3.8) is 0 Å². The molecule has 0 aliphatic carbocycles. The molecule has 1 unspecified atom stereocenters. The molecule has 1 aromatic heterocycles. The lowest BCUT2D eigenvalue weighted by molar-refractivity contribution is 0.224. The van der Waals surface area contributed by atoms with Gasteiger partial charge in [0.15, 0.2) is 0 Å². The average Bonchev–Trinajstić information content (AvgIpc) is 2.71. The van der Waals surface area contributed by atoms with Gasteiger partial charge in [0, 0.05) is 13.6 Å². The summed E-state index contributed by atoms with van der Waals surface area (Å²) in [6, 6.07) is 0. The highest BCUT2D eigenvalue weighted by Gasteiger charge is 2.30. The van der Waals surface area contributed by atoms with Gasteiger partial charge in [0.05, 0.1) is 15.9 Å². The lowest BCUT2D eigenvalue weighted by Crippen LogP contribution is -2.37. The fourth-order valence-electron chi connectivity index (χ4n) is 2.98. The Morgan fingerprint density at radius 2 is 1.95 bits per heavy atom. The number of aryl methyl sites for hydroxylation is 2. The summed E-state index contributed by atoms with van der Waals surface area (Å²) in [5.41, 5.74) is 2.77. The third kappa shape index (κ3) is 5.10. The number of rotatable bonds is 10. The third-order valence-corrected chi connectivity index (χ3v) is 5.57. The smallest absolute Gasteiger partial charge is 0.0738 e. The van der Waals surface area contributed by atoms with E-state index in [1.54, 1.807) is 0 Å². The van der Waals surface area contributed by atoms with E-state index >= 15 is 0 Å². The summed E-state index contributed by atoms with van der Waals surface area (Å²) < 4.78 is 3.24. The largest absolute Gasteiger partial charge is 0.316 e. The molecule has 1 atom stereocenters. The van der Waals surface area contributed by atoms with Crippen LogP contribution in [0.4, 0.5) is 0 Å². The summed E-state index contributed by atoms with van der Waals surface area (Å²) in [5, 5.41) is 8.21. The van der Waals surface area contributed by atoms with Gasteiger partial charge in [0.1, 0.15) is 0 Å². The SMILES string of the molecule is CCCCC(CC)(CNCCC)Cc1c(Br)c(C)nn1C. The summed E-state index contributed by atoms with van der Waals surface area (Å²) in [4.78, 5) is 0. The van der Waals surface area contributed by atoms with Crippen LogP contribution in [0.15, 0.2) is 4.47 Å². The molecule has 0 spiro atoms. The van der Waals surface area contributed by atoms with Crippen molar-refractivity contribution in [2.75, 3.05) is 13.1 Å². The monoisotopic (exact) mass is 357 g/mol. The van der Waals surface area contributed by atoms with Crippen molar-refractivity contribution in [2.24, 2.45) is 12.5 Å². The third-order valence-electron chi connectivity index (χ3n) is 4.54. The molecule has 4 heteroatoms. The standard InChI is InChI=1S/C17H32BrN3/c1-6-9-10-17(8-3,13-19-11-7-2)12-15-16(18)14(4)20-21(15)5/h19H,6-13H2,1-5H3. The molecule has 0 saturated carbocycles. The summed E-state index contributed by atoms with van der Waals surface area (Å²) in [5.74, 6) is 0. The van der Waals surface area contributed by atoms with E-state index in [1.807, 2.05) is 0 Å². The van der Waals surface area contributed by atoms with Gasteiger partial charge in [-0.15, -0.1) is 0 Å². The zero-order chi connectivity index (χ0) is 15.9. The zero-order valence-electron chi connectivity index (χ0n) is 14.4. The zero-order valence-corrected chi connectivity index (χ0v) is 16.0. The van der Waals surface area contributed by atoms with Gasteiger partial charge in [-0.05, 0) is 60.5 Å². The number of hydrogen-bond acceptors (Lipinski definition) is 2. The molecule has 0 radical (unpaired) electrons. The van der Waals surface area contributed by atoms with Crippen LogP contribution in [-0.2, 0) is 13.5 Å². The van der Waals surface area contributed by atoms with E-state index in [9.17, 15) is 0 Å². The molecular weight excluding hydrogens is 326 g/mol. The van der Waals surface area contributed by atoms with E-state index in [0.29, 0.717) is 5.41 Å². The summed E-state index contributed by atoms with van der Waals surface area (Å²) in [6.07, 6.45) is 7.35. The molecule has 0 aromatic carbocycles. The van der Waals surface area contributed by atoms with Crippen LogP contribution in [0.1, 0.15) is 64.3 Å². The van der Waals surface area contributed by atoms with E-state index in [1.165, 1.54) is 42.3 Å². The number of aromatic nitrogens is 2. The predicted octanol–water partition coefficient (Wildman–Crippen LogP) is 4.62. The van der Waals surface area contributed by atoms with Crippen molar-refractivity contribution in [3.8, 4) is 0 Å². The van der Waals surface area contributed by atoms with Gasteiger partial charge in [-0.3, -0.25) is 4.68 Å². The first-order valence-electron chi connectivity index (χ1n) is 8.38. The Morgan fingerprint density at radius 3 is 2.43 bits per heavy atom. The second-order valence-electron chi connectivity index (χ2n) is 6.28. The van der Waals surface area contributed by atoms with Crippen molar-refractivity contribution < 1.29 is 0 Å². The van der Waals surface area contributed by atoms with Crippen LogP contribution in [0.3, 0.4) is 0 Å². The Balaban J connectivity index is 2.93. The first-order chi connectivity index (χ1) is 9.99. The fourth-order valence-corrected chi connectivity index (χ4v) is 3.45. The van der Waals surface area contributed by atoms with E-state index in [2.05, 4.69) is 65.8 Å². The average molecular weight is 358 g/mol. The second kappa shape index (κ2) is 8.94. The molecule has 0 amide bonds. The topological polar surface area (TPSA) is 29.9 Å². The summed E-state index contributed by atoms with van der Waals surface area (Å²) >= 11 is 3.73. The van der Waals surface area contributed by atoms with Crippen LogP contribution in [-0.4, -0.2) is 22.9 Å². The van der Waals surface area contributed by atoms with Gasteiger partial charge in [-0.25, -0.2) is 0 Å². The molecule has 0 bridgehead atoms. The molecule has 0 saturated heterocycles. The van der Waals surface area contributed by atoms with Gasteiger partial charge >= 0.3 is 0 Å². The molecule has 1 aromatic rings. The molecule has 0 aliphatic heterocycles. The van der Waals surface area contributed by atoms with Crippen LogP contribution < -0.4 is 5.32 Å².